The van der Waals surface area contributed by atoms with Crippen LogP contribution in [0.25, 0.3) is 0 Å². The highest BCUT2D eigenvalue weighted by Crippen LogP contribution is 2.12. The van der Waals surface area contributed by atoms with E-state index in [1.165, 1.54) is 0 Å². The standard InChI is InChI=1S/C9H17N3O/c1-9(2,8(13)11-3)7-12-6-4-5-10/h12H,4,6-7H2,1-3H3,(H,11,13). The highest BCUT2D eigenvalue weighted by molar-refractivity contribution is 5.81. The molecule has 0 bridgehead atoms. The Balaban J connectivity index is 3.77. The third-order valence-corrected chi connectivity index (χ3v) is 1.82. The van der Waals surface area contributed by atoms with E-state index in [1.54, 1.807) is 7.05 Å². The van der Waals surface area contributed by atoms with E-state index >= 15 is 0 Å². The van der Waals surface area contributed by atoms with E-state index in [-0.39, 0.29) is 5.91 Å². The number of rotatable bonds is 5. The Bertz CT molecular complexity index is 205. The molecule has 0 aromatic rings. The van der Waals surface area contributed by atoms with Crippen LogP contribution in [0.3, 0.4) is 0 Å². The zero-order valence-corrected chi connectivity index (χ0v) is 8.48. The fourth-order valence-corrected chi connectivity index (χ4v) is 0.964. The molecule has 0 aliphatic rings. The first-order valence-corrected chi connectivity index (χ1v) is 4.34. The average Bonchev–Trinajstić information content (AvgIpc) is 2.11. The van der Waals surface area contributed by atoms with Crippen molar-refractivity contribution in [2.45, 2.75) is 20.3 Å². The smallest absolute Gasteiger partial charge is 0.226 e. The molecule has 0 rings (SSSR count). The summed E-state index contributed by atoms with van der Waals surface area (Å²) in [5, 5.41) is 13.9. The largest absolute Gasteiger partial charge is 0.359 e. The Morgan fingerprint density at radius 1 is 1.54 bits per heavy atom. The molecule has 0 saturated carbocycles. The fraction of sp³-hybridized carbons (Fsp3) is 0.778. The van der Waals surface area contributed by atoms with Crippen molar-refractivity contribution in [1.82, 2.24) is 10.6 Å². The van der Waals surface area contributed by atoms with Crippen LogP contribution in [0.2, 0.25) is 0 Å². The van der Waals surface area contributed by atoms with E-state index in [4.69, 9.17) is 5.26 Å². The summed E-state index contributed by atoms with van der Waals surface area (Å²) in [6, 6.07) is 2.03. The van der Waals surface area contributed by atoms with Crippen molar-refractivity contribution < 1.29 is 4.79 Å². The van der Waals surface area contributed by atoms with Gasteiger partial charge < -0.3 is 10.6 Å². The molecule has 0 fully saturated rings. The summed E-state index contributed by atoms with van der Waals surface area (Å²) < 4.78 is 0. The van der Waals surface area contributed by atoms with Gasteiger partial charge in [-0.2, -0.15) is 5.26 Å². The minimum absolute atomic E-state index is 0.0111. The summed E-state index contributed by atoms with van der Waals surface area (Å²) in [7, 11) is 1.62. The maximum Gasteiger partial charge on any atom is 0.226 e. The molecule has 0 aliphatic carbocycles. The van der Waals surface area contributed by atoms with Gasteiger partial charge in [0.25, 0.3) is 0 Å². The van der Waals surface area contributed by atoms with Crippen LogP contribution in [0.1, 0.15) is 20.3 Å². The second kappa shape index (κ2) is 5.55. The van der Waals surface area contributed by atoms with Crippen LogP contribution in [0, 0.1) is 16.7 Å². The highest BCUT2D eigenvalue weighted by Gasteiger charge is 2.25. The first-order valence-electron chi connectivity index (χ1n) is 4.34. The fourth-order valence-electron chi connectivity index (χ4n) is 0.964. The molecule has 0 saturated heterocycles. The van der Waals surface area contributed by atoms with E-state index in [2.05, 4.69) is 10.6 Å². The lowest BCUT2D eigenvalue weighted by atomic mass is 9.92. The van der Waals surface area contributed by atoms with Gasteiger partial charge in [-0.1, -0.05) is 0 Å². The summed E-state index contributed by atoms with van der Waals surface area (Å²) >= 11 is 0. The zero-order chi connectivity index (χ0) is 10.3. The normalized spacial score (nSPS) is 10.6. The van der Waals surface area contributed by atoms with Crippen molar-refractivity contribution in [3.05, 3.63) is 0 Å². The molecule has 0 aliphatic heterocycles. The van der Waals surface area contributed by atoms with Crippen molar-refractivity contribution >= 4 is 5.91 Å². The predicted octanol–water partition coefficient (Wildman–Crippen LogP) is 0.262. The maximum atomic E-state index is 11.3. The van der Waals surface area contributed by atoms with Crippen molar-refractivity contribution in [2.75, 3.05) is 20.1 Å². The lowest BCUT2D eigenvalue weighted by molar-refractivity contribution is -0.128. The number of hydrogen-bond donors (Lipinski definition) is 2. The summed E-state index contributed by atoms with van der Waals surface area (Å²) in [6.45, 7) is 4.96. The quantitative estimate of drug-likeness (QED) is 0.601. The van der Waals surface area contributed by atoms with Crippen molar-refractivity contribution in [3.63, 3.8) is 0 Å². The van der Waals surface area contributed by atoms with Gasteiger partial charge in [-0.15, -0.1) is 0 Å². The maximum absolute atomic E-state index is 11.3. The zero-order valence-electron chi connectivity index (χ0n) is 8.48. The van der Waals surface area contributed by atoms with E-state index in [0.29, 0.717) is 19.5 Å². The number of carbonyl (C=O) groups is 1. The van der Waals surface area contributed by atoms with E-state index in [1.807, 2.05) is 19.9 Å². The third kappa shape index (κ3) is 4.48. The van der Waals surface area contributed by atoms with Crippen LogP contribution in [0.5, 0.6) is 0 Å². The van der Waals surface area contributed by atoms with Crippen molar-refractivity contribution in [3.8, 4) is 6.07 Å². The van der Waals surface area contributed by atoms with Gasteiger partial charge in [-0.3, -0.25) is 4.79 Å². The van der Waals surface area contributed by atoms with Crippen LogP contribution >= 0.6 is 0 Å². The third-order valence-electron chi connectivity index (χ3n) is 1.82. The van der Waals surface area contributed by atoms with Crippen LogP contribution < -0.4 is 10.6 Å². The van der Waals surface area contributed by atoms with Crippen LogP contribution in [-0.2, 0) is 4.79 Å². The van der Waals surface area contributed by atoms with E-state index in [0.717, 1.165) is 0 Å². The van der Waals surface area contributed by atoms with Gasteiger partial charge in [0.15, 0.2) is 0 Å². The lowest BCUT2D eigenvalue weighted by Gasteiger charge is -2.22. The topological polar surface area (TPSA) is 64.9 Å². The Morgan fingerprint density at radius 3 is 2.62 bits per heavy atom. The minimum atomic E-state index is -0.412. The van der Waals surface area contributed by atoms with E-state index in [9.17, 15) is 4.79 Å². The molecule has 0 heterocycles. The van der Waals surface area contributed by atoms with Crippen LogP contribution in [0.4, 0.5) is 0 Å². The van der Waals surface area contributed by atoms with Crippen molar-refractivity contribution in [1.29, 1.82) is 5.26 Å². The first-order chi connectivity index (χ1) is 6.04. The Kier molecular flexibility index (Phi) is 5.09. The molecule has 1 amide bonds. The van der Waals surface area contributed by atoms with Gasteiger partial charge in [0.2, 0.25) is 5.91 Å². The number of nitrogens with one attached hydrogen (secondary N) is 2. The van der Waals surface area contributed by atoms with Gasteiger partial charge in [0.1, 0.15) is 0 Å². The molecule has 0 aromatic carbocycles. The molecule has 4 nitrogen and oxygen atoms in total. The molecule has 0 unspecified atom stereocenters. The van der Waals surface area contributed by atoms with Gasteiger partial charge in [-0.05, 0) is 13.8 Å². The minimum Gasteiger partial charge on any atom is -0.359 e. The molecule has 74 valence electrons. The van der Waals surface area contributed by atoms with Crippen LogP contribution in [0.15, 0.2) is 0 Å². The predicted molar refractivity (Wildman–Crippen MR) is 50.9 cm³/mol. The summed E-state index contributed by atoms with van der Waals surface area (Å²) in [5.41, 5.74) is -0.412. The molecule has 0 spiro atoms. The SMILES string of the molecule is CNC(=O)C(C)(C)CNCCC#N. The molecule has 13 heavy (non-hydrogen) atoms. The Hall–Kier alpha value is -1.08. The second-order valence-electron chi connectivity index (χ2n) is 3.55. The molecular weight excluding hydrogens is 166 g/mol. The van der Waals surface area contributed by atoms with Crippen molar-refractivity contribution in [2.24, 2.45) is 5.41 Å². The van der Waals surface area contributed by atoms with Crippen LogP contribution in [-0.4, -0.2) is 26.0 Å². The molecule has 0 atom stereocenters. The van der Waals surface area contributed by atoms with E-state index < -0.39 is 5.41 Å². The molecule has 2 N–H and O–H groups in total. The summed E-state index contributed by atoms with van der Waals surface area (Å²) in [5.74, 6) is 0.0111. The van der Waals surface area contributed by atoms with Gasteiger partial charge in [0.05, 0.1) is 11.5 Å². The molecular formula is C9H17N3O. The van der Waals surface area contributed by atoms with Gasteiger partial charge >= 0.3 is 0 Å². The number of nitriles is 1. The molecule has 0 aromatic heterocycles. The highest BCUT2D eigenvalue weighted by atomic mass is 16.2. The molecule has 4 heteroatoms. The van der Waals surface area contributed by atoms with Gasteiger partial charge in [0, 0.05) is 26.6 Å². The number of carbonyl (C=O) groups excluding carboxylic acids is 1. The first kappa shape index (κ1) is 11.9. The Labute approximate surface area is 79.3 Å². The summed E-state index contributed by atoms with van der Waals surface area (Å²) in [6.07, 6.45) is 0.476. The number of nitrogens with zero attached hydrogens (tertiary/aromatic N) is 1. The monoisotopic (exact) mass is 183 g/mol. The summed E-state index contributed by atoms with van der Waals surface area (Å²) in [4.78, 5) is 11.3. The average molecular weight is 183 g/mol. The van der Waals surface area contributed by atoms with Gasteiger partial charge in [-0.25, -0.2) is 0 Å². The molecule has 0 radical (unpaired) electrons. The number of amides is 1. The Morgan fingerprint density at radius 2 is 2.15 bits per heavy atom. The lowest BCUT2D eigenvalue weighted by Crippen LogP contribution is -2.42. The second-order valence-corrected chi connectivity index (χ2v) is 3.55. The number of hydrogen-bond acceptors (Lipinski definition) is 3.